The minimum Gasteiger partial charge on any atom is -0.494 e. The van der Waals surface area contributed by atoms with Crippen LogP contribution in [0.25, 0.3) is 0 Å². The molecule has 1 saturated heterocycles. The van der Waals surface area contributed by atoms with Crippen molar-refractivity contribution in [2.75, 3.05) is 32.6 Å². The summed E-state index contributed by atoms with van der Waals surface area (Å²) in [5.41, 5.74) is 1.31. The average Bonchev–Trinajstić information content (AvgIpc) is 2.34. The van der Waals surface area contributed by atoms with Crippen LogP contribution in [0.3, 0.4) is 0 Å². The van der Waals surface area contributed by atoms with Crippen LogP contribution >= 0.6 is 11.8 Å². The Morgan fingerprint density at radius 3 is 2.61 bits per heavy atom. The van der Waals surface area contributed by atoms with Gasteiger partial charge in [0.25, 0.3) is 0 Å². The Morgan fingerprint density at radius 2 is 2.11 bits per heavy atom. The Kier molecular flexibility index (Phi) is 5.35. The highest BCUT2D eigenvalue weighted by atomic mass is 32.2. The van der Waals surface area contributed by atoms with Gasteiger partial charge >= 0.3 is 0 Å². The SMILES string of the molecule is CCOc1ccc(C(CSC2COC2)NC)cc1. The Labute approximate surface area is 113 Å². The molecule has 1 N–H and O–H groups in total. The van der Waals surface area contributed by atoms with E-state index in [1.165, 1.54) is 5.56 Å². The standard InChI is InChI=1S/C14H21NO2S/c1-3-17-12-6-4-11(5-7-12)14(15-2)10-18-13-8-16-9-13/h4-7,13-15H,3,8-10H2,1-2H3. The second-order valence-corrected chi connectivity index (χ2v) is 5.67. The van der Waals surface area contributed by atoms with E-state index in [0.717, 1.165) is 24.7 Å². The summed E-state index contributed by atoms with van der Waals surface area (Å²) in [7, 11) is 2.01. The van der Waals surface area contributed by atoms with Crippen molar-refractivity contribution < 1.29 is 9.47 Å². The first-order valence-corrected chi connectivity index (χ1v) is 7.47. The van der Waals surface area contributed by atoms with E-state index in [1.807, 2.05) is 37.9 Å². The van der Waals surface area contributed by atoms with Gasteiger partial charge in [-0.2, -0.15) is 11.8 Å². The van der Waals surface area contributed by atoms with E-state index in [9.17, 15) is 0 Å². The summed E-state index contributed by atoms with van der Waals surface area (Å²) in [6.45, 7) is 4.53. The van der Waals surface area contributed by atoms with Gasteiger partial charge in [-0.05, 0) is 31.7 Å². The van der Waals surface area contributed by atoms with Gasteiger partial charge in [0.1, 0.15) is 5.75 Å². The van der Waals surface area contributed by atoms with Gasteiger partial charge < -0.3 is 14.8 Å². The van der Waals surface area contributed by atoms with Crippen molar-refractivity contribution >= 4 is 11.8 Å². The third-order valence-corrected chi connectivity index (χ3v) is 4.32. The van der Waals surface area contributed by atoms with Gasteiger partial charge in [-0.25, -0.2) is 0 Å². The summed E-state index contributed by atoms with van der Waals surface area (Å²) in [5.74, 6) is 2.02. The molecule has 100 valence electrons. The number of thioether (sulfide) groups is 1. The molecule has 0 saturated carbocycles. The lowest BCUT2D eigenvalue weighted by Crippen LogP contribution is -2.32. The molecule has 0 amide bonds. The predicted octanol–water partition coefficient (Wildman–Crippen LogP) is 2.48. The van der Waals surface area contributed by atoms with Crippen LogP contribution in [0.5, 0.6) is 5.75 Å². The lowest BCUT2D eigenvalue weighted by Gasteiger charge is -2.27. The average molecular weight is 267 g/mol. The Hall–Kier alpha value is -0.710. The molecule has 1 fully saturated rings. The van der Waals surface area contributed by atoms with E-state index >= 15 is 0 Å². The predicted molar refractivity (Wildman–Crippen MR) is 76.5 cm³/mol. The van der Waals surface area contributed by atoms with Gasteiger partial charge in [-0.15, -0.1) is 0 Å². The molecule has 1 aliphatic heterocycles. The van der Waals surface area contributed by atoms with E-state index in [-0.39, 0.29) is 0 Å². The summed E-state index contributed by atoms with van der Waals surface area (Å²) in [6, 6.07) is 8.76. The second kappa shape index (κ2) is 7.02. The molecule has 1 heterocycles. The van der Waals surface area contributed by atoms with Gasteiger partial charge in [-0.1, -0.05) is 12.1 Å². The van der Waals surface area contributed by atoms with Crippen molar-refractivity contribution in [2.45, 2.75) is 18.2 Å². The molecule has 3 nitrogen and oxygen atoms in total. The smallest absolute Gasteiger partial charge is 0.119 e. The Balaban J connectivity index is 1.89. The van der Waals surface area contributed by atoms with Crippen LogP contribution in [-0.2, 0) is 4.74 Å². The minimum atomic E-state index is 0.395. The number of rotatable bonds is 7. The van der Waals surface area contributed by atoms with Crippen LogP contribution in [-0.4, -0.2) is 37.9 Å². The van der Waals surface area contributed by atoms with Crippen molar-refractivity contribution in [1.82, 2.24) is 5.32 Å². The Morgan fingerprint density at radius 1 is 1.39 bits per heavy atom. The molecule has 1 aromatic rings. The molecule has 1 unspecified atom stereocenters. The van der Waals surface area contributed by atoms with Crippen molar-refractivity contribution in [3.8, 4) is 5.75 Å². The van der Waals surface area contributed by atoms with Gasteiger partial charge in [0.05, 0.1) is 25.1 Å². The number of ether oxygens (including phenoxy) is 2. The molecule has 0 spiro atoms. The maximum absolute atomic E-state index is 5.46. The topological polar surface area (TPSA) is 30.5 Å². The van der Waals surface area contributed by atoms with E-state index < -0.39 is 0 Å². The van der Waals surface area contributed by atoms with Crippen molar-refractivity contribution in [2.24, 2.45) is 0 Å². The van der Waals surface area contributed by atoms with E-state index in [0.29, 0.717) is 17.9 Å². The normalized spacial score (nSPS) is 17.2. The highest BCUT2D eigenvalue weighted by Crippen LogP contribution is 2.26. The summed E-state index contributed by atoms with van der Waals surface area (Å²) >= 11 is 1.99. The fourth-order valence-corrected chi connectivity index (χ4v) is 3.06. The lowest BCUT2D eigenvalue weighted by molar-refractivity contribution is 0.0455. The van der Waals surface area contributed by atoms with Gasteiger partial charge in [0, 0.05) is 11.8 Å². The van der Waals surface area contributed by atoms with Gasteiger partial charge in [0.15, 0.2) is 0 Å². The monoisotopic (exact) mass is 267 g/mol. The van der Waals surface area contributed by atoms with Crippen molar-refractivity contribution in [3.05, 3.63) is 29.8 Å². The zero-order chi connectivity index (χ0) is 12.8. The van der Waals surface area contributed by atoms with Crippen LogP contribution in [0.4, 0.5) is 0 Å². The largest absolute Gasteiger partial charge is 0.494 e. The maximum atomic E-state index is 5.46. The number of nitrogens with one attached hydrogen (secondary N) is 1. The third kappa shape index (κ3) is 3.64. The molecule has 1 aromatic carbocycles. The fraction of sp³-hybridized carbons (Fsp3) is 0.571. The highest BCUT2D eigenvalue weighted by molar-refractivity contribution is 8.00. The molecule has 0 aromatic heterocycles. The zero-order valence-corrected chi connectivity index (χ0v) is 11.8. The molecule has 4 heteroatoms. The minimum absolute atomic E-state index is 0.395. The molecule has 0 aliphatic carbocycles. The molecule has 1 aliphatic rings. The molecule has 1 atom stereocenters. The number of benzene rings is 1. The molecule has 2 rings (SSSR count). The van der Waals surface area contributed by atoms with E-state index in [1.54, 1.807) is 0 Å². The summed E-state index contributed by atoms with van der Waals surface area (Å²) in [6.07, 6.45) is 0. The maximum Gasteiger partial charge on any atom is 0.119 e. The number of hydrogen-bond donors (Lipinski definition) is 1. The summed E-state index contributed by atoms with van der Waals surface area (Å²) in [5, 5.41) is 4.05. The van der Waals surface area contributed by atoms with Crippen LogP contribution < -0.4 is 10.1 Å². The molecule has 0 bridgehead atoms. The number of hydrogen-bond acceptors (Lipinski definition) is 4. The highest BCUT2D eigenvalue weighted by Gasteiger charge is 2.20. The Bertz CT molecular complexity index is 351. The van der Waals surface area contributed by atoms with Crippen LogP contribution in [0.2, 0.25) is 0 Å². The lowest BCUT2D eigenvalue weighted by atomic mass is 10.1. The molecular weight excluding hydrogens is 246 g/mol. The van der Waals surface area contributed by atoms with Crippen molar-refractivity contribution in [1.29, 1.82) is 0 Å². The second-order valence-electron chi connectivity index (χ2n) is 4.34. The van der Waals surface area contributed by atoms with E-state index in [2.05, 4.69) is 17.4 Å². The first-order chi connectivity index (χ1) is 8.83. The fourth-order valence-electron chi connectivity index (χ4n) is 1.85. The molecule has 18 heavy (non-hydrogen) atoms. The first-order valence-electron chi connectivity index (χ1n) is 6.43. The van der Waals surface area contributed by atoms with Crippen LogP contribution in [0.15, 0.2) is 24.3 Å². The summed E-state index contributed by atoms with van der Waals surface area (Å²) < 4.78 is 10.6. The van der Waals surface area contributed by atoms with Crippen LogP contribution in [0, 0.1) is 0 Å². The zero-order valence-electron chi connectivity index (χ0n) is 11.0. The quantitative estimate of drug-likeness (QED) is 0.822. The molecular formula is C14H21NO2S. The van der Waals surface area contributed by atoms with Gasteiger partial charge in [-0.3, -0.25) is 0 Å². The third-order valence-electron chi connectivity index (χ3n) is 3.05. The summed E-state index contributed by atoms with van der Waals surface area (Å²) in [4.78, 5) is 0. The van der Waals surface area contributed by atoms with Crippen molar-refractivity contribution in [3.63, 3.8) is 0 Å². The first kappa shape index (κ1) is 13.7. The van der Waals surface area contributed by atoms with Gasteiger partial charge in [0.2, 0.25) is 0 Å². The molecule has 0 radical (unpaired) electrons. The van der Waals surface area contributed by atoms with Crippen LogP contribution in [0.1, 0.15) is 18.5 Å². The van der Waals surface area contributed by atoms with E-state index in [4.69, 9.17) is 9.47 Å².